The molecule has 2 rings (SSSR count). The summed E-state index contributed by atoms with van der Waals surface area (Å²) < 4.78 is 11.0. The minimum absolute atomic E-state index is 0.0804. The van der Waals surface area contributed by atoms with E-state index in [4.69, 9.17) is 20.4 Å². The number of oxime groups is 1. The molecular weight excluding hydrogens is 274 g/mol. The average Bonchev–Trinajstić information content (AvgIpc) is 2.53. The molecule has 0 fully saturated rings. The summed E-state index contributed by atoms with van der Waals surface area (Å²) >= 11 is 0. The van der Waals surface area contributed by atoms with Crippen molar-refractivity contribution in [3.8, 4) is 11.5 Å². The number of amidine groups is 1. The molecule has 7 heteroatoms. The second kappa shape index (κ2) is 6.83. The molecule has 1 amide bonds. The van der Waals surface area contributed by atoms with E-state index in [0.717, 1.165) is 0 Å². The van der Waals surface area contributed by atoms with Crippen molar-refractivity contribution in [1.82, 2.24) is 5.32 Å². The normalized spacial score (nSPS) is 15.4. The van der Waals surface area contributed by atoms with Gasteiger partial charge in [-0.1, -0.05) is 18.1 Å². The molecule has 0 aromatic heterocycles. The van der Waals surface area contributed by atoms with Crippen molar-refractivity contribution in [3.63, 3.8) is 0 Å². The number of rotatable bonds is 5. The standard InChI is InChI=1S/C14H19N3O4/c1-2-9(8-12(15)17-19)16-14(18)10-4-3-5-11-13(10)21-7-6-20-11/h3-5,9,19H,2,6-8H2,1H3,(H2,15,17)(H,16,18). The van der Waals surface area contributed by atoms with Crippen LogP contribution in [0, 0.1) is 0 Å². The lowest BCUT2D eigenvalue weighted by Gasteiger charge is -2.22. The van der Waals surface area contributed by atoms with E-state index >= 15 is 0 Å². The summed E-state index contributed by atoms with van der Waals surface area (Å²) in [5, 5.41) is 14.4. The van der Waals surface area contributed by atoms with E-state index in [9.17, 15) is 4.79 Å². The summed E-state index contributed by atoms with van der Waals surface area (Å²) in [5.74, 6) is 0.838. The van der Waals surface area contributed by atoms with E-state index < -0.39 is 0 Å². The number of nitrogens with two attached hydrogens (primary N) is 1. The van der Waals surface area contributed by atoms with E-state index in [1.165, 1.54) is 0 Å². The van der Waals surface area contributed by atoms with Crippen molar-refractivity contribution in [2.45, 2.75) is 25.8 Å². The molecule has 1 aromatic carbocycles. The summed E-state index contributed by atoms with van der Waals surface area (Å²) in [6.45, 7) is 2.80. The van der Waals surface area contributed by atoms with Gasteiger partial charge < -0.3 is 25.7 Å². The Kier molecular flexibility index (Phi) is 4.86. The van der Waals surface area contributed by atoms with Crippen LogP contribution in [-0.4, -0.2) is 36.2 Å². The van der Waals surface area contributed by atoms with Crippen molar-refractivity contribution < 1.29 is 19.5 Å². The summed E-state index contributed by atoms with van der Waals surface area (Å²) in [5.41, 5.74) is 5.90. The van der Waals surface area contributed by atoms with Crippen LogP contribution in [-0.2, 0) is 0 Å². The van der Waals surface area contributed by atoms with Gasteiger partial charge in [0.25, 0.3) is 5.91 Å². The van der Waals surface area contributed by atoms with Crippen molar-refractivity contribution in [2.24, 2.45) is 10.9 Å². The van der Waals surface area contributed by atoms with Crippen LogP contribution in [0.15, 0.2) is 23.4 Å². The second-order valence-electron chi connectivity index (χ2n) is 4.70. The lowest BCUT2D eigenvalue weighted by molar-refractivity contribution is 0.0926. The zero-order valence-corrected chi connectivity index (χ0v) is 11.8. The van der Waals surface area contributed by atoms with Crippen LogP contribution in [0.4, 0.5) is 0 Å². The molecule has 0 saturated heterocycles. The Balaban J connectivity index is 2.13. The average molecular weight is 293 g/mol. The molecule has 1 aliphatic heterocycles. The fourth-order valence-electron chi connectivity index (χ4n) is 2.11. The predicted octanol–water partition coefficient (Wildman–Crippen LogP) is 1.10. The van der Waals surface area contributed by atoms with E-state index in [2.05, 4.69) is 10.5 Å². The number of ether oxygens (including phenoxy) is 2. The molecule has 21 heavy (non-hydrogen) atoms. The maximum Gasteiger partial charge on any atom is 0.255 e. The first-order chi connectivity index (χ1) is 10.2. The number of para-hydroxylation sites is 1. The van der Waals surface area contributed by atoms with Crippen molar-refractivity contribution >= 4 is 11.7 Å². The topological polar surface area (TPSA) is 106 Å². The predicted molar refractivity (Wildman–Crippen MR) is 77.0 cm³/mol. The second-order valence-corrected chi connectivity index (χ2v) is 4.70. The molecule has 0 spiro atoms. The van der Waals surface area contributed by atoms with Gasteiger partial charge in [-0.15, -0.1) is 0 Å². The lowest BCUT2D eigenvalue weighted by Crippen LogP contribution is -2.38. The van der Waals surface area contributed by atoms with Crippen LogP contribution in [0.3, 0.4) is 0 Å². The fourth-order valence-corrected chi connectivity index (χ4v) is 2.11. The summed E-state index contributed by atoms with van der Waals surface area (Å²) in [4.78, 5) is 12.4. The molecule has 1 atom stereocenters. The molecule has 1 heterocycles. The summed E-state index contributed by atoms with van der Waals surface area (Å²) in [7, 11) is 0. The number of carbonyl (C=O) groups is 1. The quantitative estimate of drug-likeness (QED) is 0.326. The van der Waals surface area contributed by atoms with E-state index in [0.29, 0.717) is 36.7 Å². The van der Waals surface area contributed by atoms with Crippen LogP contribution in [0.2, 0.25) is 0 Å². The SMILES string of the molecule is CCC(CC(N)=NO)NC(=O)c1cccc2c1OCCO2. The third kappa shape index (κ3) is 3.56. The van der Waals surface area contributed by atoms with Gasteiger partial charge in [0.2, 0.25) is 0 Å². The number of fused-ring (bicyclic) bond motifs is 1. The third-order valence-electron chi connectivity index (χ3n) is 3.22. The number of nitrogens with zero attached hydrogens (tertiary/aromatic N) is 1. The van der Waals surface area contributed by atoms with E-state index in [1.807, 2.05) is 6.92 Å². The zero-order valence-electron chi connectivity index (χ0n) is 11.8. The van der Waals surface area contributed by atoms with Crippen LogP contribution in [0.1, 0.15) is 30.1 Å². The van der Waals surface area contributed by atoms with Crippen LogP contribution < -0.4 is 20.5 Å². The van der Waals surface area contributed by atoms with Crippen LogP contribution >= 0.6 is 0 Å². The molecule has 1 aromatic rings. The highest BCUT2D eigenvalue weighted by Crippen LogP contribution is 2.33. The molecule has 0 aliphatic carbocycles. The third-order valence-corrected chi connectivity index (χ3v) is 3.22. The van der Waals surface area contributed by atoms with Gasteiger partial charge in [0.05, 0.1) is 5.56 Å². The Morgan fingerprint density at radius 1 is 1.48 bits per heavy atom. The van der Waals surface area contributed by atoms with Crippen molar-refractivity contribution in [2.75, 3.05) is 13.2 Å². The maximum atomic E-state index is 12.4. The number of benzene rings is 1. The number of hydrogen-bond donors (Lipinski definition) is 3. The minimum Gasteiger partial charge on any atom is -0.486 e. The Morgan fingerprint density at radius 3 is 2.95 bits per heavy atom. The van der Waals surface area contributed by atoms with Crippen LogP contribution in [0.25, 0.3) is 0 Å². The summed E-state index contributed by atoms with van der Waals surface area (Å²) in [6.07, 6.45) is 0.944. The molecule has 0 radical (unpaired) electrons. The summed E-state index contributed by atoms with van der Waals surface area (Å²) in [6, 6.07) is 4.97. The molecule has 4 N–H and O–H groups in total. The molecule has 0 bridgehead atoms. The van der Waals surface area contributed by atoms with Crippen molar-refractivity contribution in [3.05, 3.63) is 23.8 Å². The Labute approximate surface area is 122 Å². The Morgan fingerprint density at radius 2 is 2.24 bits per heavy atom. The number of carbonyl (C=O) groups excluding carboxylic acids is 1. The first kappa shape index (κ1) is 15.0. The number of hydrogen-bond acceptors (Lipinski definition) is 5. The highest BCUT2D eigenvalue weighted by atomic mass is 16.6. The minimum atomic E-state index is -0.269. The van der Waals surface area contributed by atoms with Gasteiger partial charge in [0.1, 0.15) is 19.0 Å². The first-order valence-electron chi connectivity index (χ1n) is 6.81. The van der Waals surface area contributed by atoms with Gasteiger partial charge in [-0.05, 0) is 18.6 Å². The lowest BCUT2D eigenvalue weighted by atomic mass is 10.1. The van der Waals surface area contributed by atoms with Gasteiger partial charge in [-0.3, -0.25) is 4.79 Å². The van der Waals surface area contributed by atoms with Crippen molar-refractivity contribution in [1.29, 1.82) is 0 Å². The molecule has 114 valence electrons. The Bertz CT molecular complexity index is 545. The molecule has 0 saturated carbocycles. The van der Waals surface area contributed by atoms with Gasteiger partial charge in [-0.2, -0.15) is 0 Å². The largest absolute Gasteiger partial charge is 0.486 e. The molecule has 7 nitrogen and oxygen atoms in total. The first-order valence-corrected chi connectivity index (χ1v) is 6.81. The van der Waals surface area contributed by atoms with Crippen LogP contribution in [0.5, 0.6) is 11.5 Å². The van der Waals surface area contributed by atoms with Gasteiger partial charge in [0.15, 0.2) is 11.5 Å². The molecular formula is C14H19N3O4. The van der Waals surface area contributed by atoms with E-state index in [1.54, 1.807) is 18.2 Å². The fraction of sp³-hybridized carbons (Fsp3) is 0.429. The Hall–Kier alpha value is -2.44. The van der Waals surface area contributed by atoms with Gasteiger partial charge >= 0.3 is 0 Å². The number of nitrogens with one attached hydrogen (secondary N) is 1. The highest BCUT2D eigenvalue weighted by molar-refractivity contribution is 5.98. The molecule has 1 unspecified atom stereocenters. The van der Waals surface area contributed by atoms with Gasteiger partial charge in [0, 0.05) is 12.5 Å². The smallest absolute Gasteiger partial charge is 0.255 e. The molecule has 1 aliphatic rings. The van der Waals surface area contributed by atoms with Gasteiger partial charge in [-0.25, -0.2) is 0 Å². The number of amides is 1. The highest BCUT2D eigenvalue weighted by Gasteiger charge is 2.22. The maximum absolute atomic E-state index is 12.4. The van der Waals surface area contributed by atoms with E-state index in [-0.39, 0.29) is 24.2 Å². The zero-order chi connectivity index (χ0) is 15.2. The monoisotopic (exact) mass is 293 g/mol.